The van der Waals surface area contributed by atoms with Gasteiger partial charge < -0.3 is 9.47 Å². The van der Waals surface area contributed by atoms with Crippen LogP contribution in [0.4, 0.5) is 0 Å². The van der Waals surface area contributed by atoms with Crippen molar-refractivity contribution in [1.82, 2.24) is 9.55 Å². The zero-order chi connectivity index (χ0) is 22.1. The van der Waals surface area contributed by atoms with Gasteiger partial charge in [0.15, 0.2) is 0 Å². The van der Waals surface area contributed by atoms with Gasteiger partial charge in [-0.25, -0.2) is 4.98 Å². The molecule has 1 fully saturated rings. The van der Waals surface area contributed by atoms with Crippen LogP contribution in [0.3, 0.4) is 0 Å². The maximum absolute atomic E-state index is 13.4. The van der Waals surface area contributed by atoms with Gasteiger partial charge in [-0.3, -0.25) is 19.0 Å². The van der Waals surface area contributed by atoms with Gasteiger partial charge >= 0.3 is 11.9 Å². The summed E-state index contributed by atoms with van der Waals surface area (Å²) in [5, 5.41) is 0.461. The zero-order valence-electron chi connectivity index (χ0n) is 18.4. The number of carbonyl (C=O) groups is 2. The molecule has 2 aromatic rings. The summed E-state index contributed by atoms with van der Waals surface area (Å²) < 4.78 is 12.3. The highest BCUT2D eigenvalue weighted by Crippen LogP contribution is 2.41. The number of hydrogen-bond acceptors (Lipinski definition) is 7. The average Bonchev–Trinajstić information content (AvgIpc) is 3.11. The summed E-state index contributed by atoms with van der Waals surface area (Å²) in [5.41, 5.74) is 0.482. The highest BCUT2D eigenvalue weighted by Gasteiger charge is 2.33. The molecule has 0 aromatic carbocycles. The third-order valence-corrected chi connectivity index (χ3v) is 7.64. The highest BCUT2D eigenvalue weighted by atomic mass is 32.1. The molecule has 8 heteroatoms. The van der Waals surface area contributed by atoms with Crippen molar-refractivity contribution < 1.29 is 19.1 Å². The first kappa shape index (κ1) is 22.0. The fraction of sp³-hybridized carbons (Fsp3) is 0.652. The first-order chi connectivity index (χ1) is 14.9. The van der Waals surface area contributed by atoms with Crippen LogP contribution in [0.5, 0.6) is 0 Å². The van der Waals surface area contributed by atoms with Crippen LogP contribution in [0.2, 0.25) is 0 Å². The Bertz CT molecular complexity index is 1050. The van der Waals surface area contributed by atoms with Crippen molar-refractivity contribution in [3.8, 4) is 0 Å². The minimum Gasteiger partial charge on any atom is -0.466 e. The third kappa shape index (κ3) is 4.40. The van der Waals surface area contributed by atoms with Gasteiger partial charge in [-0.15, -0.1) is 11.3 Å². The standard InChI is InChI=1S/C23H30N2O5S/c1-4-29-23(28)16-6-5-7-17-19(16)20-21(31-17)24-14(3)25(22(20)27)12-18(26)30-15-10-8-13(2)9-11-15/h13,15-16H,4-12H2,1-3H3. The van der Waals surface area contributed by atoms with Gasteiger partial charge in [-0.05, 0) is 70.3 Å². The molecule has 1 atom stereocenters. The molecule has 1 saturated carbocycles. The quantitative estimate of drug-likeness (QED) is 0.648. The minimum absolute atomic E-state index is 0.0708. The highest BCUT2D eigenvalue weighted by molar-refractivity contribution is 7.18. The number of aromatic nitrogens is 2. The summed E-state index contributed by atoms with van der Waals surface area (Å²) in [5.74, 6) is 0.0124. The van der Waals surface area contributed by atoms with Crippen LogP contribution in [-0.2, 0) is 32.0 Å². The number of carbonyl (C=O) groups excluding carboxylic acids is 2. The number of thiophene rings is 1. The van der Waals surface area contributed by atoms with Gasteiger partial charge in [0, 0.05) is 4.88 Å². The maximum Gasteiger partial charge on any atom is 0.326 e. The van der Waals surface area contributed by atoms with Gasteiger partial charge in [0.05, 0.1) is 17.9 Å². The largest absolute Gasteiger partial charge is 0.466 e. The smallest absolute Gasteiger partial charge is 0.326 e. The number of aryl methyl sites for hydroxylation is 2. The zero-order valence-corrected chi connectivity index (χ0v) is 19.3. The second kappa shape index (κ2) is 9.10. The molecule has 7 nitrogen and oxygen atoms in total. The molecule has 0 spiro atoms. The Kier molecular flexibility index (Phi) is 6.46. The Labute approximate surface area is 185 Å². The first-order valence-electron chi connectivity index (χ1n) is 11.3. The van der Waals surface area contributed by atoms with Crippen LogP contribution in [-0.4, -0.2) is 34.2 Å². The van der Waals surface area contributed by atoms with E-state index < -0.39 is 11.9 Å². The lowest BCUT2D eigenvalue weighted by Gasteiger charge is -2.26. The van der Waals surface area contributed by atoms with E-state index in [9.17, 15) is 14.4 Å². The van der Waals surface area contributed by atoms with Gasteiger partial charge in [0.1, 0.15) is 23.3 Å². The van der Waals surface area contributed by atoms with E-state index in [4.69, 9.17) is 9.47 Å². The van der Waals surface area contributed by atoms with E-state index in [-0.39, 0.29) is 24.2 Å². The molecular weight excluding hydrogens is 416 g/mol. The fourth-order valence-corrected chi connectivity index (χ4v) is 6.09. The molecule has 0 saturated heterocycles. The molecule has 2 aliphatic carbocycles. The Morgan fingerprint density at radius 2 is 1.94 bits per heavy atom. The molecule has 168 valence electrons. The summed E-state index contributed by atoms with van der Waals surface area (Å²) in [7, 11) is 0. The van der Waals surface area contributed by atoms with Crippen molar-refractivity contribution in [2.75, 3.05) is 6.61 Å². The Morgan fingerprint density at radius 3 is 2.65 bits per heavy atom. The molecule has 2 aromatic heterocycles. The van der Waals surface area contributed by atoms with Gasteiger partial charge in [0.25, 0.3) is 5.56 Å². The summed E-state index contributed by atoms with van der Waals surface area (Å²) in [4.78, 5) is 44.9. The molecule has 2 aliphatic rings. The third-order valence-electron chi connectivity index (χ3n) is 6.48. The second-order valence-electron chi connectivity index (χ2n) is 8.74. The monoisotopic (exact) mass is 446 g/mol. The van der Waals surface area contributed by atoms with E-state index in [0.29, 0.717) is 35.0 Å². The maximum atomic E-state index is 13.4. The van der Waals surface area contributed by atoms with Crippen LogP contribution in [0.1, 0.15) is 74.6 Å². The first-order valence-corrected chi connectivity index (χ1v) is 12.1. The van der Waals surface area contributed by atoms with Crippen LogP contribution in [0, 0.1) is 12.8 Å². The molecule has 0 bridgehead atoms. The van der Waals surface area contributed by atoms with E-state index in [1.54, 1.807) is 13.8 Å². The predicted molar refractivity (Wildman–Crippen MR) is 118 cm³/mol. The van der Waals surface area contributed by atoms with E-state index in [2.05, 4.69) is 11.9 Å². The molecular formula is C23H30N2O5S. The molecule has 4 rings (SSSR count). The average molecular weight is 447 g/mol. The lowest BCUT2D eigenvalue weighted by atomic mass is 9.86. The normalized spacial score (nSPS) is 23.4. The Morgan fingerprint density at radius 1 is 1.19 bits per heavy atom. The lowest BCUT2D eigenvalue weighted by Crippen LogP contribution is -2.32. The van der Waals surface area contributed by atoms with E-state index in [0.717, 1.165) is 49.0 Å². The SMILES string of the molecule is CCOC(=O)C1CCCc2sc3nc(C)n(CC(=O)OC4CCC(C)CC4)c(=O)c3c21. The summed E-state index contributed by atoms with van der Waals surface area (Å²) in [6.07, 6.45) is 6.15. The van der Waals surface area contributed by atoms with Gasteiger partial charge in [0.2, 0.25) is 0 Å². The lowest BCUT2D eigenvalue weighted by molar-refractivity contribution is -0.151. The van der Waals surface area contributed by atoms with Crippen LogP contribution >= 0.6 is 11.3 Å². The van der Waals surface area contributed by atoms with Crippen molar-refractivity contribution in [3.05, 3.63) is 26.6 Å². The summed E-state index contributed by atoms with van der Waals surface area (Å²) in [6, 6.07) is 0. The molecule has 1 unspecified atom stereocenters. The van der Waals surface area contributed by atoms with Crippen molar-refractivity contribution in [1.29, 1.82) is 0 Å². The van der Waals surface area contributed by atoms with Crippen molar-refractivity contribution >= 4 is 33.5 Å². The number of hydrogen-bond donors (Lipinski definition) is 0. The molecule has 0 amide bonds. The number of nitrogens with zero attached hydrogens (tertiary/aromatic N) is 2. The van der Waals surface area contributed by atoms with Crippen LogP contribution in [0.25, 0.3) is 10.2 Å². The van der Waals surface area contributed by atoms with Gasteiger partial charge in [-0.2, -0.15) is 0 Å². The van der Waals surface area contributed by atoms with Crippen LogP contribution in [0.15, 0.2) is 4.79 Å². The molecule has 0 radical (unpaired) electrons. The number of esters is 2. The molecule has 0 N–H and O–H groups in total. The fourth-order valence-electron chi connectivity index (χ4n) is 4.78. The van der Waals surface area contributed by atoms with Crippen molar-refractivity contribution in [2.24, 2.45) is 5.92 Å². The van der Waals surface area contributed by atoms with E-state index >= 15 is 0 Å². The summed E-state index contributed by atoms with van der Waals surface area (Å²) >= 11 is 1.48. The predicted octanol–water partition coefficient (Wildman–Crippen LogP) is 3.87. The number of rotatable bonds is 5. The summed E-state index contributed by atoms with van der Waals surface area (Å²) in [6.45, 7) is 5.88. The van der Waals surface area contributed by atoms with E-state index in [1.807, 2.05) is 0 Å². The van der Waals surface area contributed by atoms with Crippen LogP contribution < -0.4 is 5.56 Å². The van der Waals surface area contributed by atoms with Gasteiger partial charge in [-0.1, -0.05) is 6.92 Å². The topological polar surface area (TPSA) is 87.5 Å². The van der Waals surface area contributed by atoms with E-state index in [1.165, 1.54) is 15.9 Å². The minimum atomic E-state index is -0.445. The molecule has 0 aliphatic heterocycles. The Balaban J connectivity index is 1.64. The second-order valence-corrected chi connectivity index (χ2v) is 9.82. The number of ether oxygens (including phenoxy) is 2. The molecule has 2 heterocycles. The van der Waals surface area contributed by atoms with Crippen molar-refractivity contribution in [2.45, 2.75) is 84.3 Å². The Hall–Kier alpha value is -2.22. The number of fused-ring (bicyclic) bond motifs is 3. The van der Waals surface area contributed by atoms with Crippen molar-refractivity contribution in [3.63, 3.8) is 0 Å². The molecule has 31 heavy (non-hydrogen) atoms.